The molecule has 0 saturated carbocycles. The summed E-state index contributed by atoms with van der Waals surface area (Å²) >= 11 is 0. The molecule has 2 unspecified atom stereocenters. The summed E-state index contributed by atoms with van der Waals surface area (Å²) in [7, 11) is 0. The smallest absolute Gasteiger partial charge is 0.269 e. The van der Waals surface area contributed by atoms with Gasteiger partial charge < -0.3 is 15.7 Å². The average molecular weight is 265 g/mol. The number of nitrogens with one attached hydrogen (secondary N) is 2. The van der Waals surface area contributed by atoms with E-state index in [1.54, 1.807) is 6.92 Å². The number of hydrogen-bond donors (Lipinski definition) is 3. The summed E-state index contributed by atoms with van der Waals surface area (Å²) in [6.07, 6.45) is -0.133. The highest BCUT2D eigenvalue weighted by Crippen LogP contribution is 2.21. The van der Waals surface area contributed by atoms with Crippen molar-refractivity contribution in [2.75, 3.05) is 11.9 Å². The van der Waals surface area contributed by atoms with Crippen molar-refractivity contribution >= 4 is 17.3 Å². The van der Waals surface area contributed by atoms with E-state index in [0.717, 1.165) is 0 Å². The van der Waals surface area contributed by atoms with E-state index in [1.807, 2.05) is 0 Å². The van der Waals surface area contributed by atoms with Crippen LogP contribution in [0.4, 0.5) is 11.4 Å². The molecule has 1 heterocycles. The Morgan fingerprint density at radius 2 is 2.32 bits per heavy atom. The summed E-state index contributed by atoms with van der Waals surface area (Å²) < 4.78 is 0. The van der Waals surface area contributed by atoms with E-state index < -0.39 is 17.1 Å². The Morgan fingerprint density at radius 3 is 2.84 bits per heavy atom. The fourth-order valence-electron chi connectivity index (χ4n) is 2.04. The number of aliphatic hydroxyl groups is 1. The lowest BCUT2D eigenvalue weighted by atomic mass is 10.1. The third-order valence-electron chi connectivity index (χ3n) is 3.10. The number of anilines is 1. The van der Waals surface area contributed by atoms with Gasteiger partial charge in [-0.25, -0.2) is 0 Å². The Bertz CT molecular complexity index is 518. The Hall–Kier alpha value is -1.99. The molecule has 0 radical (unpaired) electrons. The molecule has 2 rings (SSSR count). The molecular weight excluding hydrogens is 250 g/mol. The van der Waals surface area contributed by atoms with Crippen molar-refractivity contribution < 1.29 is 14.8 Å². The summed E-state index contributed by atoms with van der Waals surface area (Å²) in [5, 5.41) is 25.6. The number of nitro groups is 1. The number of amides is 1. The number of hydrogen-bond acceptors (Lipinski definition) is 5. The van der Waals surface area contributed by atoms with Gasteiger partial charge >= 0.3 is 0 Å². The lowest BCUT2D eigenvalue weighted by Gasteiger charge is -2.12. The molecule has 102 valence electrons. The molecule has 0 aromatic heterocycles. The highest BCUT2D eigenvalue weighted by Gasteiger charge is 2.28. The van der Waals surface area contributed by atoms with E-state index in [-0.39, 0.29) is 11.6 Å². The van der Waals surface area contributed by atoms with Gasteiger partial charge in [0.15, 0.2) is 0 Å². The predicted octanol–water partition coefficient (Wildman–Crippen LogP) is 0.565. The maximum absolute atomic E-state index is 11.9. The van der Waals surface area contributed by atoms with E-state index in [1.165, 1.54) is 18.2 Å². The molecule has 7 heteroatoms. The molecule has 0 spiro atoms. The zero-order valence-electron chi connectivity index (χ0n) is 10.4. The lowest BCUT2D eigenvalue weighted by molar-refractivity contribution is -0.384. The number of nitrogens with zero attached hydrogens (tertiary/aromatic N) is 1. The van der Waals surface area contributed by atoms with Crippen LogP contribution >= 0.6 is 0 Å². The fourth-order valence-corrected chi connectivity index (χ4v) is 2.04. The van der Waals surface area contributed by atoms with Crippen molar-refractivity contribution in [1.29, 1.82) is 0 Å². The zero-order valence-corrected chi connectivity index (χ0v) is 10.4. The third kappa shape index (κ3) is 3.07. The highest BCUT2D eigenvalue weighted by atomic mass is 16.6. The van der Waals surface area contributed by atoms with Gasteiger partial charge in [0, 0.05) is 24.4 Å². The molecule has 1 aromatic rings. The molecule has 7 nitrogen and oxygen atoms in total. The van der Waals surface area contributed by atoms with Crippen molar-refractivity contribution in [2.45, 2.75) is 25.5 Å². The van der Waals surface area contributed by atoms with Crippen LogP contribution in [0, 0.1) is 17.0 Å². The maximum atomic E-state index is 11.9. The van der Waals surface area contributed by atoms with Crippen LogP contribution in [0.5, 0.6) is 0 Å². The van der Waals surface area contributed by atoms with Gasteiger partial charge in [-0.05, 0) is 25.0 Å². The standard InChI is InChI=1S/C12H15N3O4/c1-7-4-8(15(18)19)2-3-10(7)14-12(17)11-5-9(16)6-13-11/h2-4,9,11,13,16H,5-6H2,1H3,(H,14,17). The quantitative estimate of drug-likeness (QED) is 0.547. The molecular formula is C12H15N3O4. The van der Waals surface area contributed by atoms with Crippen LogP contribution in [0.3, 0.4) is 0 Å². The first-order valence-corrected chi connectivity index (χ1v) is 5.94. The summed E-state index contributed by atoms with van der Waals surface area (Å²) in [5.41, 5.74) is 1.16. The predicted molar refractivity (Wildman–Crippen MR) is 68.9 cm³/mol. The van der Waals surface area contributed by atoms with E-state index in [9.17, 15) is 20.0 Å². The minimum absolute atomic E-state index is 0.00934. The molecule has 1 fully saturated rings. The molecule has 1 saturated heterocycles. The van der Waals surface area contributed by atoms with Crippen LogP contribution < -0.4 is 10.6 Å². The highest BCUT2D eigenvalue weighted by molar-refractivity contribution is 5.95. The Balaban J connectivity index is 2.07. The van der Waals surface area contributed by atoms with Gasteiger partial charge in [0.05, 0.1) is 17.1 Å². The number of carbonyl (C=O) groups is 1. The minimum atomic E-state index is -0.506. The normalized spacial score (nSPS) is 22.2. The molecule has 1 amide bonds. The van der Waals surface area contributed by atoms with Crippen molar-refractivity contribution in [3.05, 3.63) is 33.9 Å². The largest absolute Gasteiger partial charge is 0.392 e. The summed E-state index contributed by atoms with van der Waals surface area (Å²) in [4.78, 5) is 22.0. The third-order valence-corrected chi connectivity index (χ3v) is 3.10. The summed E-state index contributed by atoms with van der Waals surface area (Å²) in [6, 6.07) is 3.84. The molecule has 1 aliphatic rings. The summed E-state index contributed by atoms with van der Waals surface area (Å²) in [5.74, 6) is -0.242. The first-order chi connectivity index (χ1) is 8.97. The van der Waals surface area contributed by atoms with Crippen molar-refractivity contribution in [3.63, 3.8) is 0 Å². The van der Waals surface area contributed by atoms with Crippen LogP contribution in [-0.4, -0.2) is 34.6 Å². The molecule has 2 atom stereocenters. The fraction of sp³-hybridized carbons (Fsp3) is 0.417. The Kier molecular flexibility index (Phi) is 3.77. The Labute approximate surface area is 109 Å². The topological polar surface area (TPSA) is 105 Å². The molecule has 19 heavy (non-hydrogen) atoms. The molecule has 1 aliphatic heterocycles. The van der Waals surface area contributed by atoms with Gasteiger partial charge in [0.1, 0.15) is 0 Å². The number of rotatable bonds is 3. The first-order valence-electron chi connectivity index (χ1n) is 5.94. The SMILES string of the molecule is Cc1cc([N+](=O)[O-])ccc1NC(=O)C1CC(O)CN1. The number of non-ortho nitro benzene ring substituents is 1. The number of carbonyl (C=O) groups excluding carboxylic acids is 1. The summed E-state index contributed by atoms with van der Waals surface area (Å²) in [6.45, 7) is 2.09. The second-order valence-electron chi connectivity index (χ2n) is 4.60. The lowest BCUT2D eigenvalue weighted by Crippen LogP contribution is -2.35. The number of β-amino-alcohol motifs (C(OH)–C–C–N with tert-alkyl or cyclic N) is 1. The van der Waals surface area contributed by atoms with E-state index in [4.69, 9.17) is 0 Å². The number of nitro benzene ring substituents is 1. The number of aryl methyl sites for hydroxylation is 1. The Morgan fingerprint density at radius 1 is 1.58 bits per heavy atom. The molecule has 0 bridgehead atoms. The molecule has 1 aromatic carbocycles. The molecule has 3 N–H and O–H groups in total. The second kappa shape index (κ2) is 5.33. The van der Waals surface area contributed by atoms with E-state index in [2.05, 4.69) is 10.6 Å². The van der Waals surface area contributed by atoms with Gasteiger partial charge in [-0.3, -0.25) is 14.9 Å². The maximum Gasteiger partial charge on any atom is 0.269 e. The van der Waals surface area contributed by atoms with Crippen molar-refractivity contribution in [1.82, 2.24) is 5.32 Å². The van der Waals surface area contributed by atoms with Crippen LogP contribution in [0.15, 0.2) is 18.2 Å². The number of aliphatic hydroxyl groups excluding tert-OH is 1. The van der Waals surface area contributed by atoms with Crippen molar-refractivity contribution in [3.8, 4) is 0 Å². The minimum Gasteiger partial charge on any atom is -0.392 e. The van der Waals surface area contributed by atoms with Gasteiger partial charge in [0.25, 0.3) is 5.69 Å². The van der Waals surface area contributed by atoms with Gasteiger partial charge in [-0.15, -0.1) is 0 Å². The van der Waals surface area contributed by atoms with Gasteiger partial charge in [-0.1, -0.05) is 0 Å². The van der Waals surface area contributed by atoms with Crippen molar-refractivity contribution in [2.24, 2.45) is 0 Å². The van der Waals surface area contributed by atoms with Gasteiger partial charge in [-0.2, -0.15) is 0 Å². The van der Waals surface area contributed by atoms with Gasteiger partial charge in [0.2, 0.25) is 5.91 Å². The average Bonchev–Trinajstić information content (AvgIpc) is 2.78. The monoisotopic (exact) mass is 265 g/mol. The van der Waals surface area contributed by atoms with E-state index >= 15 is 0 Å². The number of benzene rings is 1. The zero-order chi connectivity index (χ0) is 14.0. The van der Waals surface area contributed by atoms with E-state index in [0.29, 0.717) is 24.2 Å². The van der Waals surface area contributed by atoms with Crippen LogP contribution in [0.2, 0.25) is 0 Å². The first kappa shape index (κ1) is 13.4. The van der Waals surface area contributed by atoms with Crippen LogP contribution in [0.25, 0.3) is 0 Å². The van der Waals surface area contributed by atoms with Crippen LogP contribution in [-0.2, 0) is 4.79 Å². The second-order valence-corrected chi connectivity index (χ2v) is 4.60. The molecule has 0 aliphatic carbocycles. The van der Waals surface area contributed by atoms with Crippen LogP contribution in [0.1, 0.15) is 12.0 Å².